The molecule has 5 nitrogen and oxygen atoms in total. The maximum absolute atomic E-state index is 5.83. The zero-order chi connectivity index (χ0) is 18.1. The summed E-state index contributed by atoms with van der Waals surface area (Å²) < 4.78 is 3.85. The number of imidazole rings is 1. The van der Waals surface area contributed by atoms with Gasteiger partial charge in [0.2, 0.25) is 5.95 Å². The number of nitrogens with two attached hydrogens (primary N) is 1. The van der Waals surface area contributed by atoms with Gasteiger partial charge >= 0.3 is 0 Å². The average Bonchev–Trinajstić information content (AvgIpc) is 3.17. The maximum Gasteiger partial charge on any atom is 0.221 e. The minimum atomic E-state index is 0.391. The van der Waals surface area contributed by atoms with Crippen molar-refractivity contribution < 1.29 is 0 Å². The summed E-state index contributed by atoms with van der Waals surface area (Å²) in [5, 5.41) is 5.62. The van der Waals surface area contributed by atoms with E-state index >= 15 is 0 Å². The fourth-order valence-electron chi connectivity index (χ4n) is 3.03. The van der Waals surface area contributed by atoms with Crippen LogP contribution < -0.4 is 5.73 Å². The lowest BCUT2D eigenvalue weighted by Gasteiger charge is -2.07. The Morgan fingerprint density at radius 1 is 1.08 bits per heavy atom. The third-order valence-corrected chi connectivity index (χ3v) is 4.44. The Morgan fingerprint density at radius 2 is 1.88 bits per heavy atom. The Balaban J connectivity index is 1.63. The van der Waals surface area contributed by atoms with Crippen molar-refractivity contribution in [3.05, 3.63) is 83.3 Å². The SMILES string of the molecule is Cc1ccc(Cn2ccc3ccc(C=Nn4cc(C)nc4N)cc32)cc1. The fraction of sp³-hybridized carbons (Fsp3) is 0.143. The molecule has 26 heavy (non-hydrogen) atoms. The normalized spacial score (nSPS) is 11.6. The van der Waals surface area contributed by atoms with E-state index in [9.17, 15) is 0 Å². The van der Waals surface area contributed by atoms with Crippen molar-refractivity contribution >= 4 is 23.1 Å². The number of nitrogen functional groups attached to an aromatic ring is 1. The first kappa shape index (κ1) is 16.1. The van der Waals surface area contributed by atoms with Crippen LogP contribution in [0.25, 0.3) is 10.9 Å². The molecule has 0 radical (unpaired) electrons. The van der Waals surface area contributed by atoms with E-state index in [4.69, 9.17) is 5.73 Å². The van der Waals surface area contributed by atoms with E-state index in [-0.39, 0.29) is 0 Å². The van der Waals surface area contributed by atoms with Crippen molar-refractivity contribution in [2.45, 2.75) is 20.4 Å². The molecular weight excluding hydrogens is 322 g/mol. The number of aromatic nitrogens is 3. The summed E-state index contributed by atoms with van der Waals surface area (Å²) in [5.41, 5.74) is 11.5. The third-order valence-electron chi connectivity index (χ3n) is 4.44. The molecule has 4 rings (SSSR count). The molecule has 0 saturated heterocycles. The predicted molar refractivity (Wildman–Crippen MR) is 107 cm³/mol. The number of hydrogen-bond acceptors (Lipinski definition) is 3. The van der Waals surface area contributed by atoms with E-state index in [2.05, 4.69) is 76.3 Å². The van der Waals surface area contributed by atoms with Crippen LogP contribution in [0.4, 0.5) is 5.95 Å². The first-order valence-electron chi connectivity index (χ1n) is 8.59. The van der Waals surface area contributed by atoms with E-state index in [1.807, 2.05) is 13.1 Å². The van der Waals surface area contributed by atoms with Crippen molar-refractivity contribution in [1.82, 2.24) is 14.2 Å². The van der Waals surface area contributed by atoms with Crippen LogP contribution in [0.1, 0.15) is 22.4 Å². The summed E-state index contributed by atoms with van der Waals surface area (Å²) in [7, 11) is 0. The van der Waals surface area contributed by atoms with Crippen LogP contribution >= 0.6 is 0 Å². The molecule has 2 aromatic heterocycles. The van der Waals surface area contributed by atoms with Gasteiger partial charge in [-0.3, -0.25) is 0 Å². The number of nitrogens with zero attached hydrogens (tertiary/aromatic N) is 4. The van der Waals surface area contributed by atoms with Crippen LogP contribution in [-0.4, -0.2) is 20.4 Å². The minimum absolute atomic E-state index is 0.391. The number of anilines is 1. The van der Waals surface area contributed by atoms with Crippen molar-refractivity contribution in [2.24, 2.45) is 5.10 Å². The van der Waals surface area contributed by atoms with Gasteiger partial charge in [0.15, 0.2) is 0 Å². The van der Waals surface area contributed by atoms with Crippen molar-refractivity contribution in [1.29, 1.82) is 0 Å². The Hall–Kier alpha value is -3.34. The van der Waals surface area contributed by atoms with Gasteiger partial charge in [-0.25, -0.2) is 9.66 Å². The molecule has 0 amide bonds. The molecule has 5 heteroatoms. The van der Waals surface area contributed by atoms with Crippen molar-refractivity contribution in [2.75, 3.05) is 5.73 Å². The number of benzene rings is 2. The van der Waals surface area contributed by atoms with E-state index in [1.165, 1.54) is 22.0 Å². The highest BCUT2D eigenvalue weighted by atomic mass is 15.4. The average molecular weight is 343 g/mol. The van der Waals surface area contributed by atoms with Gasteiger partial charge in [0.1, 0.15) is 0 Å². The first-order chi connectivity index (χ1) is 12.6. The van der Waals surface area contributed by atoms with E-state index in [1.54, 1.807) is 10.9 Å². The summed E-state index contributed by atoms with van der Waals surface area (Å²) in [6.07, 6.45) is 5.74. The Morgan fingerprint density at radius 3 is 2.62 bits per heavy atom. The summed E-state index contributed by atoms with van der Waals surface area (Å²) in [5.74, 6) is 0.391. The van der Waals surface area contributed by atoms with Gasteiger partial charge in [0.05, 0.1) is 18.1 Å². The fourth-order valence-corrected chi connectivity index (χ4v) is 3.03. The summed E-state index contributed by atoms with van der Waals surface area (Å²) >= 11 is 0. The predicted octanol–water partition coefficient (Wildman–Crippen LogP) is 3.97. The van der Waals surface area contributed by atoms with Crippen LogP contribution in [0.3, 0.4) is 0 Å². The lowest BCUT2D eigenvalue weighted by Crippen LogP contribution is -1.99. The van der Waals surface area contributed by atoms with Crippen molar-refractivity contribution in [3.63, 3.8) is 0 Å². The van der Waals surface area contributed by atoms with Crippen LogP contribution in [-0.2, 0) is 6.54 Å². The molecule has 0 fully saturated rings. The topological polar surface area (TPSA) is 61.1 Å². The highest BCUT2D eigenvalue weighted by Gasteiger charge is 2.04. The number of rotatable bonds is 4. The second kappa shape index (κ2) is 6.52. The molecule has 0 bridgehead atoms. The smallest absolute Gasteiger partial charge is 0.221 e. The van der Waals surface area contributed by atoms with E-state index in [0.29, 0.717) is 5.95 Å². The molecule has 0 spiro atoms. The minimum Gasteiger partial charge on any atom is -0.368 e. The second-order valence-corrected chi connectivity index (χ2v) is 6.58. The zero-order valence-corrected chi connectivity index (χ0v) is 14.9. The molecular formula is C21H21N5. The molecule has 2 heterocycles. The van der Waals surface area contributed by atoms with Crippen LogP contribution in [0, 0.1) is 13.8 Å². The van der Waals surface area contributed by atoms with Crippen LogP contribution in [0.5, 0.6) is 0 Å². The molecule has 0 aliphatic heterocycles. The summed E-state index contributed by atoms with van der Waals surface area (Å²) in [6, 6.07) is 17.1. The number of aryl methyl sites for hydroxylation is 2. The molecule has 0 unspecified atom stereocenters. The van der Waals surface area contributed by atoms with Gasteiger partial charge < -0.3 is 10.3 Å². The first-order valence-corrected chi connectivity index (χ1v) is 8.59. The highest BCUT2D eigenvalue weighted by molar-refractivity contribution is 5.89. The van der Waals surface area contributed by atoms with Gasteiger partial charge in [-0.1, -0.05) is 42.0 Å². The largest absolute Gasteiger partial charge is 0.368 e. The lowest BCUT2D eigenvalue weighted by atomic mass is 10.1. The second-order valence-electron chi connectivity index (χ2n) is 6.58. The molecule has 0 saturated carbocycles. The summed E-state index contributed by atoms with van der Waals surface area (Å²) in [4.78, 5) is 4.15. The monoisotopic (exact) mass is 343 g/mol. The van der Waals surface area contributed by atoms with Gasteiger partial charge in [0.25, 0.3) is 0 Å². The third kappa shape index (κ3) is 3.24. The van der Waals surface area contributed by atoms with E-state index in [0.717, 1.165) is 17.8 Å². The van der Waals surface area contributed by atoms with E-state index < -0.39 is 0 Å². The van der Waals surface area contributed by atoms with Gasteiger partial charge in [-0.05, 0) is 42.5 Å². The van der Waals surface area contributed by atoms with Gasteiger partial charge in [-0.15, -0.1) is 0 Å². The number of hydrogen-bond donors (Lipinski definition) is 1. The number of fused-ring (bicyclic) bond motifs is 1. The molecule has 0 atom stereocenters. The molecule has 0 aliphatic rings. The quantitative estimate of drug-likeness (QED) is 0.570. The molecule has 4 aromatic rings. The maximum atomic E-state index is 5.83. The zero-order valence-electron chi connectivity index (χ0n) is 14.9. The standard InChI is InChI=1S/C21H21N5/c1-15-3-5-17(6-4-15)14-25-10-9-19-8-7-18(11-20(19)25)12-23-26-13-16(2)24-21(26)22/h3-13H,14H2,1-2H3,(H2,22,24). The van der Waals surface area contributed by atoms with Gasteiger partial charge in [-0.2, -0.15) is 5.10 Å². The molecule has 2 aromatic carbocycles. The Bertz CT molecular complexity index is 1080. The lowest BCUT2D eigenvalue weighted by molar-refractivity contribution is 0.836. The summed E-state index contributed by atoms with van der Waals surface area (Å²) in [6.45, 7) is 4.85. The van der Waals surface area contributed by atoms with Gasteiger partial charge in [0, 0.05) is 18.3 Å². The van der Waals surface area contributed by atoms with Crippen LogP contribution in [0.15, 0.2) is 66.0 Å². The Labute approximate surface area is 152 Å². The van der Waals surface area contributed by atoms with Crippen molar-refractivity contribution in [3.8, 4) is 0 Å². The molecule has 130 valence electrons. The van der Waals surface area contributed by atoms with Crippen LogP contribution in [0.2, 0.25) is 0 Å². The Kier molecular flexibility index (Phi) is 4.05. The molecule has 0 aliphatic carbocycles. The highest BCUT2D eigenvalue weighted by Crippen LogP contribution is 2.19. The molecule has 2 N–H and O–H groups in total.